The Balaban J connectivity index is 1.59. The summed E-state index contributed by atoms with van der Waals surface area (Å²) in [5, 5.41) is 10.4. The van der Waals surface area contributed by atoms with Crippen molar-refractivity contribution in [2.45, 2.75) is 25.5 Å². The molecule has 0 amide bonds. The summed E-state index contributed by atoms with van der Waals surface area (Å²) in [7, 11) is 0. The number of aromatic nitrogens is 1. The zero-order valence-corrected chi connectivity index (χ0v) is 13.3. The average Bonchev–Trinajstić information content (AvgIpc) is 2.57. The van der Waals surface area contributed by atoms with Crippen LogP contribution in [0.2, 0.25) is 0 Å². The van der Waals surface area contributed by atoms with Gasteiger partial charge in [-0.25, -0.2) is 13.8 Å². The van der Waals surface area contributed by atoms with Crippen molar-refractivity contribution in [1.29, 1.82) is 0 Å². The monoisotopic (exact) mass is 333 g/mol. The molecule has 128 valence electrons. The van der Waals surface area contributed by atoms with E-state index in [4.69, 9.17) is 5.73 Å². The molecule has 24 heavy (non-hydrogen) atoms. The molecular weight excluding hydrogens is 312 g/mol. The molecule has 0 saturated carbocycles. The van der Waals surface area contributed by atoms with Crippen LogP contribution in [0, 0.1) is 17.6 Å². The van der Waals surface area contributed by atoms with Crippen LogP contribution in [-0.2, 0) is 6.54 Å². The van der Waals surface area contributed by atoms with Gasteiger partial charge in [0.1, 0.15) is 17.5 Å². The quantitative estimate of drug-likeness (QED) is 0.903. The van der Waals surface area contributed by atoms with Crippen molar-refractivity contribution in [3.63, 3.8) is 0 Å². The van der Waals surface area contributed by atoms with E-state index in [1.54, 1.807) is 6.20 Å². The Morgan fingerprint density at radius 2 is 1.96 bits per heavy atom. The van der Waals surface area contributed by atoms with Crippen LogP contribution in [-0.4, -0.2) is 28.1 Å². The predicted octanol–water partition coefficient (Wildman–Crippen LogP) is 2.89. The molecule has 0 bridgehead atoms. The van der Waals surface area contributed by atoms with E-state index < -0.39 is 17.7 Å². The van der Waals surface area contributed by atoms with E-state index in [0.29, 0.717) is 5.82 Å². The van der Waals surface area contributed by atoms with E-state index >= 15 is 0 Å². The summed E-state index contributed by atoms with van der Waals surface area (Å²) in [5.74, 6) is -0.656. The first-order valence-corrected chi connectivity index (χ1v) is 8.08. The van der Waals surface area contributed by atoms with Crippen LogP contribution in [0.4, 0.5) is 14.6 Å². The van der Waals surface area contributed by atoms with Gasteiger partial charge in [-0.05, 0) is 67.7 Å². The van der Waals surface area contributed by atoms with Crippen LogP contribution in [0.15, 0.2) is 36.5 Å². The Morgan fingerprint density at radius 3 is 2.67 bits per heavy atom. The van der Waals surface area contributed by atoms with Crippen molar-refractivity contribution in [2.24, 2.45) is 5.92 Å². The fraction of sp³-hybridized carbons (Fsp3) is 0.389. The Hall–Kier alpha value is -2.05. The maximum absolute atomic E-state index is 13.8. The molecule has 3 N–H and O–H groups in total. The van der Waals surface area contributed by atoms with Crippen molar-refractivity contribution in [3.8, 4) is 0 Å². The lowest BCUT2D eigenvalue weighted by molar-refractivity contribution is 0.0542. The van der Waals surface area contributed by atoms with Crippen LogP contribution >= 0.6 is 0 Å². The smallest absolute Gasteiger partial charge is 0.129 e. The number of aliphatic hydroxyl groups excluding tert-OH is 1. The minimum Gasteiger partial charge on any atom is -0.388 e. The SMILES string of the molecule is Nc1cc(CN2CCC(C(O)c3cc(F)ccc3F)CC2)ccn1. The average molecular weight is 333 g/mol. The number of nitrogen functional groups attached to an aromatic ring is 1. The maximum Gasteiger partial charge on any atom is 0.129 e. The summed E-state index contributed by atoms with van der Waals surface area (Å²) in [6.45, 7) is 2.35. The fourth-order valence-electron chi connectivity index (χ4n) is 3.27. The number of rotatable bonds is 4. The highest BCUT2D eigenvalue weighted by Crippen LogP contribution is 2.32. The van der Waals surface area contributed by atoms with Gasteiger partial charge in [0, 0.05) is 18.3 Å². The van der Waals surface area contributed by atoms with E-state index in [1.807, 2.05) is 12.1 Å². The highest BCUT2D eigenvalue weighted by atomic mass is 19.1. The summed E-state index contributed by atoms with van der Waals surface area (Å²) < 4.78 is 27.1. The van der Waals surface area contributed by atoms with Gasteiger partial charge in [-0.2, -0.15) is 0 Å². The number of anilines is 1. The zero-order chi connectivity index (χ0) is 17.1. The second kappa shape index (κ2) is 7.23. The number of pyridine rings is 1. The second-order valence-corrected chi connectivity index (χ2v) is 6.31. The Labute approximate surface area is 139 Å². The molecule has 1 aromatic carbocycles. The van der Waals surface area contributed by atoms with Gasteiger partial charge in [0.05, 0.1) is 6.10 Å². The molecule has 0 spiro atoms. The molecule has 4 nitrogen and oxygen atoms in total. The van der Waals surface area contributed by atoms with Crippen LogP contribution in [0.3, 0.4) is 0 Å². The molecular formula is C18H21F2N3O. The molecule has 1 unspecified atom stereocenters. The van der Waals surface area contributed by atoms with Gasteiger partial charge in [0.2, 0.25) is 0 Å². The highest BCUT2D eigenvalue weighted by molar-refractivity contribution is 5.31. The largest absolute Gasteiger partial charge is 0.388 e. The van der Waals surface area contributed by atoms with Crippen molar-refractivity contribution in [2.75, 3.05) is 18.8 Å². The molecule has 1 aliphatic rings. The number of piperidine rings is 1. The Morgan fingerprint density at radius 1 is 1.21 bits per heavy atom. The molecule has 0 aliphatic carbocycles. The lowest BCUT2D eigenvalue weighted by Gasteiger charge is -2.34. The minimum atomic E-state index is -0.973. The van der Waals surface area contributed by atoms with Crippen molar-refractivity contribution < 1.29 is 13.9 Å². The minimum absolute atomic E-state index is 0.0513. The summed E-state index contributed by atoms with van der Waals surface area (Å²) in [5.41, 5.74) is 6.83. The zero-order valence-electron chi connectivity index (χ0n) is 13.3. The van der Waals surface area contributed by atoms with Crippen molar-refractivity contribution in [3.05, 3.63) is 59.3 Å². The standard InChI is InChI=1S/C18H21F2N3O/c19-14-1-2-16(20)15(10-14)18(24)13-4-7-23(8-5-13)11-12-3-6-22-17(21)9-12/h1-3,6,9-10,13,18,24H,4-5,7-8,11H2,(H2,21,22). The first-order valence-electron chi connectivity index (χ1n) is 8.08. The van der Waals surface area contributed by atoms with Gasteiger partial charge in [-0.1, -0.05) is 0 Å². The maximum atomic E-state index is 13.8. The third-order valence-electron chi connectivity index (χ3n) is 4.61. The predicted molar refractivity (Wildman–Crippen MR) is 88.0 cm³/mol. The molecule has 2 heterocycles. The Bertz CT molecular complexity index is 702. The van der Waals surface area contributed by atoms with E-state index in [2.05, 4.69) is 9.88 Å². The third kappa shape index (κ3) is 3.88. The van der Waals surface area contributed by atoms with Gasteiger partial charge in [-0.15, -0.1) is 0 Å². The number of hydrogen-bond acceptors (Lipinski definition) is 4. The number of nitrogens with two attached hydrogens (primary N) is 1. The molecule has 3 rings (SSSR count). The molecule has 1 aliphatic heterocycles. The molecule has 1 atom stereocenters. The number of halogens is 2. The topological polar surface area (TPSA) is 62.4 Å². The summed E-state index contributed by atoms with van der Waals surface area (Å²) >= 11 is 0. The fourth-order valence-corrected chi connectivity index (χ4v) is 3.27. The lowest BCUT2D eigenvalue weighted by atomic mass is 9.87. The van der Waals surface area contributed by atoms with E-state index in [-0.39, 0.29) is 11.5 Å². The first-order chi connectivity index (χ1) is 11.5. The first kappa shape index (κ1) is 16.8. The number of nitrogens with zero attached hydrogens (tertiary/aromatic N) is 2. The number of aliphatic hydroxyl groups is 1. The van der Waals surface area contributed by atoms with Crippen LogP contribution < -0.4 is 5.73 Å². The lowest BCUT2D eigenvalue weighted by Crippen LogP contribution is -2.35. The van der Waals surface area contributed by atoms with Crippen LogP contribution in [0.5, 0.6) is 0 Å². The van der Waals surface area contributed by atoms with Gasteiger partial charge in [0.25, 0.3) is 0 Å². The third-order valence-corrected chi connectivity index (χ3v) is 4.61. The second-order valence-electron chi connectivity index (χ2n) is 6.31. The van der Waals surface area contributed by atoms with Crippen molar-refractivity contribution in [1.82, 2.24) is 9.88 Å². The number of benzene rings is 1. The summed E-state index contributed by atoms with van der Waals surface area (Å²) in [6.07, 6.45) is 2.18. The van der Waals surface area contributed by atoms with Crippen LogP contribution in [0.25, 0.3) is 0 Å². The molecule has 0 radical (unpaired) electrons. The summed E-state index contributed by atoms with van der Waals surface area (Å²) in [6, 6.07) is 7.00. The molecule has 1 aromatic heterocycles. The molecule has 1 fully saturated rings. The molecule has 6 heteroatoms. The normalized spacial score (nSPS) is 17.8. The number of likely N-dealkylation sites (tertiary alicyclic amines) is 1. The van der Waals surface area contributed by atoms with Gasteiger partial charge in [-0.3, -0.25) is 4.90 Å². The molecule has 1 saturated heterocycles. The van der Waals surface area contributed by atoms with Crippen LogP contribution in [0.1, 0.15) is 30.1 Å². The number of hydrogen-bond donors (Lipinski definition) is 2. The molecule has 2 aromatic rings. The van der Waals surface area contributed by atoms with Crippen molar-refractivity contribution >= 4 is 5.82 Å². The van der Waals surface area contributed by atoms with E-state index in [0.717, 1.165) is 56.2 Å². The highest BCUT2D eigenvalue weighted by Gasteiger charge is 2.28. The Kier molecular flexibility index (Phi) is 5.06. The van der Waals surface area contributed by atoms with Gasteiger partial charge in [0.15, 0.2) is 0 Å². The summed E-state index contributed by atoms with van der Waals surface area (Å²) in [4.78, 5) is 6.24. The van der Waals surface area contributed by atoms with E-state index in [1.165, 1.54) is 0 Å². The van der Waals surface area contributed by atoms with Gasteiger partial charge >= 0.3 is 0 Å². The van der Waals surface area contributed by atoms with Gasteiger partial charge < -0.3 is 10.8 Å². The van der Waals surface area contributed by atoms with E-state index in [9.17, 15) is 13.9 Å².